The van der Waals surface area contributed by atoms with Gasteiger partial charge in [0.05, 0.1) is 5.69 Å². The topological polar surface area (TPSA) is 97.5 Å². The first-order valence-electron chi connectivity index (χ1n) is 8.77. The molecule has 0 unspecified atom stereocenters. The molecule has 0 saturated carbocycles. The van der Waals surface area contributed by atoms with Crippen LogP contribution < -0.4 is 11.1 Å². The minimum Gasteiger partial charge on any atom is -0.444 e. The zero-order valence-corrected chi connectivity index (χ0v) is 15.8. The highest BCUT2D eigenvalue weighted by molar-refractivity contribution is 7.15. The van der Waals surface area contributed by atoms with Gasteiger partial charge in [-0.25, -0.2) is 9.78 Å². The maximum atomic E-state index is 12.7. The molecular formula is C17H26N4O3S. The molecule has 2 heterocycles. The number of rotatable bonds is 2. The molecule has 8 heteroatoms. The molecule has 138 valence electrons. The number of nitrogens with one attached hydrogen (secondary N) is 1. The molecule has 1 aliphatic heterocycles. The normalized spacial score (nSPS) is 23.2. The standard InChI is InChI=1S/C17H26N4O3S/c1-17(2,3)24-16(23)21-8-4-5-12(21)14(22)19-10-6-7-11-13(9-10)25-15(18)20-11/h10,12H,4-9H2,1-3H3,(H2,18,20)(H,19,22)/t10-,12+/m0/s1. The van der Waals surface area contributed by atoms with E-state index in [0.29, 0.717) is 18.1 Å². The van der Waals surface area contributed by atoms with Crippen molar-refractivity contribution in [3.05, 3.63) is 10.6 Å². The van der Waals surface area contributed by atoms with Gasteiger partial charge in [-0.2, -0.15) is 0 Å². The average molecular weight is 366 g/mol. The lowest BCUT2D eigenvalue weighted by Crippen LogP contribution is -2.50. The molecule has 2 atom stereocenters. The first-order chi connectivity index (χ1) is 11.7. The molecule has 0 aromatic carbocycles. The van der Waals surface area contributed by atoms with Crippen LogP contribution in [0.3, 0.4) is 0 Å². The molecule has 7 nitrogen and oxygen atoms in total. The Morgan fingerprint density at radius 3 is 2.84 bits per heavy atom. The lowest BCUT2D eigenvalue weighted by atomic mass is 9.97. The van der Waals surface area contributed by atoms with Crippen molar-refractivity contribution in [3.8, 4) is 0 Å². The van der Waals surface area contributed by atoms with Crippen molar-refractivity contribution in [1.82, 2.24) is 15.2 Å². The van der Waals surface area contributed by atoms with Gasteiger partial charge in [-0.1, -0.05) is 0 Å². The summed E-state index contributed by atoms with van der Waals surface area (Å²) in [6, 6.07) is -0.372. The number of aryl methyl sites for hydroxylation is 1. The van der Waals surface area contributed by atoms with Crippen LogP contribution in [0.25, 0.3) is 0 Å². The van der Waals surface area contributed by atoms with E-state index in [0.717, 1.165) is 36.3 Å². The summed E-state index contributed by atoms with van der Waals surface area (Å²) in [4.78, 5) is 32.1. The highest BCUT2D eigenvalue weighted by Crippen LogP contribution is 2.28. The number of thiazole rings is 1. The van der Waals surface area contributed by atoms with Gasteiger partial charge in [0.15, 0.2) is 5.13 Å². The van der Waals surface area contributed by atoms with Crippen LogP contribution in [0.4, 0.5) is 9.93 Å². The maximum Gasteiger partial charge on any atom is 0.410 e. The van der Waals surface area contributed by atoms with Crippen molar-refractivity contribution in [2.75, 3.05) is 12.3 Å². The Labute approximate surface area is 151 Å². The highest BCUT2D eigenvalue weighted by atomic mass is 32.1. The smallest absolute Gasteiger partial charge is 0.410 e. The molecular weight excluding hydrogens is 340 g/mol. The van der Waals surface area contributed by atoms with E-state index in [4.69, 9.17) is 10.5 Å². The Morgan fingerprint density at radius 2 is 2.12 bits per heavy atom. The van der Waals surface area contributed by atoms with Gasteiger partial charge in [0, 0.05) is 23.9 Å². The van der Waals surface area contributed by atoms with E-state index in [1.165, 1.54) is 11.3 Å². The van der Waals surface area contributed by atoms with Gasteiger partial charge in [-0.3, -0.25) is 9.69 Å². The van der Waals surface area contributed by atoms with Gasteiger partial charge < -0.3 is 15.8 Å². The van der Waals surface area contributed by atoms with E-state index in [-0.39, 0.29) is 11.9 Å². The van der Waals surface area contributed by atoms with Crippen LogP contribution in [-0.2, 0) is 22.4 Å². The highest BCUT2D eigenvalue weighted by Gasteiger charge is 2.37. The van der Waals surface area contributed by atoms with Gasteiger partial charge >= 0.3 is 6.09 Å². The summed E-state index contributed by atoms with van der Waals surface area (Å²) in [7, 11) is 0. The predicted octanol–water partition coefficient (Wildman–Crippen LogP) is 2.10. The number of ether oxygens (including phenoxy) is 1. The molecule has 1 aliphatic carbocycles. The molecule has 2 amide bonds. The number of amides is 2. The Kier molecular flexibility index (Phi) is 4.90. The number of nitrogens with zero attached hydrogens (tertiary/aromatic N) is 2. The molecule has 1 aromatic heterocycles. The summed E-state index contributed by atoms with van der Waals surface area (Å²) in [5.74, 6) is -0.0886. The second-order valence-corrected chi connectivity index (χ2v) is 8.82. The lowest BCUT2D eigenvalue weighted by molar-refractivity contribution is -0.126. The Balaban J connectivity index is 1.60. The van der Waals surface area contributed by atoms with E-state index in [1.54, 1.807) is 4.90 Å². The third kappa shape index (κ3) is 4.23. The fourth-order valence-corrected chi connectivity index (χ4v) is 4.35. The molecule has 0 spiro atoms. The number of anilines is 1. The summed E-state index contributed by atoms with van der Waals surface area (Å²) in [6.07, 6.45) is 3.52. The quantitative estimate of drug-likeness (QED) is 0.835. The van der Waals surface area contributed by atoms with Crippen molar-refractivity contribution in [3.63, 3.8) is 0 Å². The molecule has 3 N–H and O–H groups in total. The minimum atomic E-state index is -0.563. The molecule has 25 heavy (non-hydrogen) atoms. The average Bonchev–Trinajstić information content (AvgIpc) is 3.10. The van der Waals surface area contributed by atoms with E-state index in [9.17, 15) is 9.59 Å². The SMILES string of the molecule is CC(C)(C)OC(=O)N1CCC[C@@H]1C(=O)N[C@H]1CCc2nc(N)sc2C1. The van der Waals surface area contributed by atoms with Crippen LogP contribution in [0.1, 0.15) is 50.6 Å². The summed E-state index contributed by atoms with van der Waals surface area (Å²) >= 11 is 1.50. The van der Waals surface area contributed by atoms with Crippen molar-refractivity contribution in [1.29, 1.82) is 0 Å². The minimum absolute atomic E-state index is 0.0703. The number of aromatic nitrogens is 1. The fourth-order valence-electron chi connectivity index (χ4n) is 3.39. The number of hydrogen-bond acceptors (Lipinski definition) is 6. The fraction of sp³-hybridized carbons (Fsp3) is 0.706. The number of carbonyl (C=O) groups is 2. The summed E-state index contributed by atoms with van der Waals surface area (Å²) < 4.78 is 5.43. The van der Waals surface area contributed by atoms with Crippen LogP contribution in [0.2, 0.25) is 0 Å². The molecule has 1 aromatic rings. The Hall–Kier alpha value is -1.83. The zero-order valence-electron chi connectivity index (χ0n) is 15.0. The lowest BCUT2D eigenvalue weighted by Gasteiger charge is -2.30. The van der Waals surface area contributed by atoms with Crippen LogP contribution in [0.15, 0.2) is 0 Å². The third-order valence-corrected chi connectivity index (χ3v) is 5.44. The number of likely N-dealkylation sites (tertiary alicyclic amines) is 1. The molecule has 0 bridgehead atoms. The van der Waals surface area contributed by atoms with Crippen LogP contribution in [0, 0.1) is 0 Å². The van der Waals surface area contributed by atoms with E-state index < -0.39 is 17.7 Å². The number of hydrogen-bond donors (Lipinski definition) is 2. The van der Waals surface area contributed by atoms with E-state index >= 15 is 0 Å². The molecule has 2 aliphatic rings. The number of nitrogen functional groups attached to an aromatic ring is 1. The van der Waals surface area contributed by atoms with Gasteiger partial charge in [0.2, 0.25) is 5.91 Å². The first-order valence-corrected chi connectivity index (χ1v) is 9.58. The number of carbonyl (C=O) groups excluding carboxylic acids is 2. The second-order valence-electron chi connectivity index (χ2n) is 7.70. The first kappa shape index (κ1) is 18.0. The summed E-state index contributed by atoms with van der Waals surface area (Å²) in [5, 5.41) is 3.70. The molecule has 0 radical (unpaired) electrons. The second kappa shape index (κ2) is 6.82. The molecule has 3 rings (SSSR count). The maximum absolute atomic E-state index is 12.7. The third-order valence-electron chi connectivity index (χ3n) is 4.49. The van der Waals surface area contributed by atoms with Crippen molar-refractivity contribution >= 4 is 28.5 Å². The van der Waals surface area contributed by atoms with Crippen molar-refractivity contribution in [2.45, 2.75) is 70.6 Å². The van der Waals surface area contributed by atoms with Crippen LogP contribution in [0.5, 0.6) is 0 Å². The van der Waals surface area contributed by atoms with E-state index in [2.05, 4.69) is 10.3 Å². The predicted molar refractivity (Wildman–Crippen MR) is 96.4 cm³/mol. The van der Waals surface area contributed by atoms with Crippen LogP contribution in [-0.4, -0.2) is 46.1 Å². The Morgan fingerprint density at radius 1 is 1.36 bits per heavy atom. The number of nitrogens with two attached hydrogens (primary N) is 1. The molecule has 1 fully saturated rings. The molecule has 1 saturated heterocycles. The Bertz CT molecular complexity index is 667. The van der Waals surface area contributed by atoms with Crippen LogP contribution >= 0.6 is 11.3 Å². The van der Waals surface area contributed by atoms with Gasteiger partial charge in [-0.05, 0) is 46.5 Å². The number of fused-ring (bicyclic) bond motifs is 1. The van der Waals surface area contributed by atoms with Gasteiger partial charge in [0.1, 0.15) is 11.6 Å². The van der Waals surface area contributed by atoms with Gasteiger partial charge in [-0.15, -0.1) is 11.3 Å². The van der Waals surface area contributed by atoms with E-state index in [1.807, 2.05) is 20.8 Å². The monoisotopic (exact) mass is 366 g/mol. The van der Waals surface area contributed by atoms with Crippen molar-refractivity contribution < 1.29 is 14.3 Å². The summed E-state index contributed by atoms with van der Waals surface area (Å²) in [6.45, 7) is 6.05. The van der Waals surface area contributed by atoms with Crippen molar-refractivity contribution in [2.24, 2.45) is 0 Å². The zero-order chi connectivity index (χ0) is 18.2. The largest absolute Gasteiger partial charge is 0.444 e. The summed E-state index contributed by atoms with van der Waals surface area (Å²) in [5.41, 5.74) is 6.27. The van der Waals surface area contributed by atoms with Gasteiger partial charge in [0.25, 0.3) is 0 Å².